The van der Waals surface area contributed by atoms with Crippen LogP contribution in [0.3, 0.4) is 0 Å². The van der Waals surface area contributed by atoms with Crippen molar-refractivity contribution in [1.82, 2.24) is 15.2 Å². The minimum atomic E-state index is 0.305. The predicted octanol–water partition coefficient (Wildman–Crippen LogP) is 3.91. The zero-order valence-corrected chi connectivity index (χ0v) is 14.9. The molecular weight excluding hydrogens is 322 g/mol. The number of nitrogens with one attached hydrogen (secondary N) is 1. The molecule has 0 bridgehead atoms. The summed E-state index contributed by atoms with van der Waals surface area (Å²) in [5.41, 5.74) is 1.12. The molecule has 0 amide bonds. The zero-order chi connectivity index (χ0) is 15.6. The SMILES string of the molecule is CCc1ccc(C(c2nc3ccccc3s2)N2CCNCC2)s1. The summed E-state index contributed by atoms with van der Waals surface area (Å²) in [4.78, 5) is 10.4. The molecule has 120 valence electrons. The molecule has 3 heterocycles. The number of thiazole rings is 1. The van der Waals surface area contributed by atoms with Crippen LogP contribution in [0.2, 0.25) is 0 Å². The first kappa shape index (κ1) is 15.3. The standard InChI is InChI=1S/C18H21N3S2/c1-2-13-7-8-16(22-13)17(21-11-9-19-10-12-21)18-20-14-5-3-4-6-15(14)23-18/h3-8,17,19H,2,9-12H2,1H3. The van der Waals surface area contributed by atoms with Crippen LogP contribution in [0.25, 0.3) is 10.2 Å². The van der Waals surface area contributed by atoms with E-state index >= 15 is 0 Å². The highest BCUT2D eigenvalue weighted by atomic mass is 32.1. The number of nitrogens with zero attached hydrogens (tertiary/aromatic N) is 2. The Morgan fingerprint density at radius 2 is 1.96 bits per heavy atom. The molecule has 0 aliphatic carbocycles. The summed E-state index contributed by atoms with van der Waals surface area (Å²) in [6.45, 7) is 6.52. The van der Waals surface area contributed by atoms with Crippen molar-refractivity contribution in [3.05, 3.63) is 51.2 Å². The van der Waals surface area contributed by atoms with Gasteiger partial charge in [0.25, 0.3) is 0 Å². The van der Waals surface area contributed by atoms with Crippen LogP contribution in [0.15, 0.2) is 36.4 Å². The van der Waals surface area contributed by atoms with Gasteiger partial charge in [-0.3, -0.25) is 4.90 Å². The van der Waals surface area contributed by atoms with Crippen molar-refractivity contribution in [2.24, 2.45) is 0 Å². The van der Waals surface area contributed by atoms with Gasteiger partial charge in [0, 0.05) is 35.9 Å². The van der Waals surface area contributed by atoms with Gasteiger partial charge >= 0.3 is 0 Å². The van der Waals surface area contributed by atoms with E-state index < -0.39 is 0 Å². The van der Waals surface area contributed by atoms with Crippen molar-refractivity contribution >= 4 is 32.9 Å². The molecule has 2 aromatic heterocycles. The lowest BCUT2D eigenvalue weighted by Gasteiger charge is -2.33. The molecule has 3 aromatic rings. The summed E-state index contributed by atoms with van der Waals surface area (Å²) in [5.74, 6) is 0. The summed E-state index contributed by atoms with van der Waals surface area (Å²) in [6, 6.07) is 13.4. The van der Waals surface area contributed by atoms with Crippen LogP contribution < -0.4 is 5.32 Å². The van der Waals surface area contributed by atoms with E-state index in [1.807, 2.05) is 22.7 Å². The van der Waals surface area contributed by atoms with Crippen LogP contribution in [0.4, 0.5) is 0 Å². The average molecular weight is 344 g/mol. The van der Waals surface area contributed by atoms with Gasteiger partial charge in [0.15, 0.2) is 0 Å². The van der Waals surface area contributed by atoms with Crippen LogP contribution in [-0.2, 0) is 6.42 Å². The van der Waals surface area contributed by atoms with Crippen LogP contribution >= 0.6 is 22.7 Å². The van der Waals surface area contributed by atoms with Gasteiger partial charge in [-0.25, -0.2) is 4.98 Å². The third-order valence-electron chi connectivity index (χ3n) is 4.36. The minimum absolute atomic E-state index is 0.305. The molecule has 1 unspecified atom stereocenters. The second-order valence-corrected chi connectivity index (χ2v) is 8.13. The Kier molecular flexibility index (Phi) is 4.44. The van der Waals surface area contributed by atoms with Crippen molar-refractivity contribution in [2.75, 3.05) is 26.2 Å². The Morgan fingerprint density at radius 3 is 2.70 bits per heavy atom. The fourth-order valence-corrected chi connectivity index (χ4v) is 5.42. The smallest absolute Gasteiger partial charge is 0.116 e. The van der Waals surface area contributed by atoms with E-state index in [-0.39, 0.29) is 0 Å². The maximum Gasteiger partial charge on any atom is 0.116 e. The Morgan fingerprint density at radius 1 is 1.13 bits per heavy atom. The molecule has 1 aliphatic rings. The van der Waals surface area contributed by atoms with Gasteiger partial charge in [-0.15, -0.1) is 22.7 Å². The summed E-state index contributed by atoms with van der Waals surface area (Å²) in [7, 11) is 0. The number of piperazine rings is 1. The first-order chi connectivity index (χ1) is 11.3. The van der Waals surface area contributed by atoms with Crippen LogP contribution in [0, 0.1) is 0 Å². The highest BCUT2D eigenvalue weighted by Gasteiger charge is 2.28. The minimum Gasteiger partial charge on any atom is -0.314 e. The van der Waals surface area contributed by atoms with E-state index in [2.05, 4.69) is 53.5 Å². The lowest BCUT2D eigenvalue weighted by molar-refractivity contribution is 0.200. The summed E-state index contributed by atoms with van der Waals surface area (Å²) in [5, 5.41) is 4.69. The topological polar surface area (TPSA) is 28.2 Å². The molecule has 0 spiro atoms. The van der Waals surface area contributed by atoms with Gasteiger partial charge in [-0.1, -0.05) is 19.1 Å². The van der Waals surface area contributed by atoms with Crippen molar-refractivity contribution in [3.8, 4) is 0 Å². The number of thiophene rings is 1. The van der Waals surface area contributed by atoms with Crippen molar-refractivity contribution in [1.29, 1.82) is 0 Å². The highest BCUT2D eigenvalue weighted by molar-refractivity contribution is 7.19. The molecule has 5 heteroatoms. The molecular formula is C18H21N3S2. The van der Waals surface area contributed by atoms with Crippen molar-refractivity contribution in [2.45, 2.75) is 19.4 Å². The van der Waals surface area contributed by atoms with Gasteiger partial charge in [0.1, 0.15) is 5.01 Å². The van der Waals surface area contributed by atoms with Crippen LogP contribution in [-0.4, -0.2) is 36.1 Å². The van der Waals surface area contributed by atoms with Crippen molar-refractivity contribution < 1.29 is 0 Å². The fraction of sp³-hybridized carbons (Fsp3) is 0.389. The first-order valence-corrected chi connectivity index (χ1v) is 9.87. The molecule has 1 atom stereocenters. The highest BCUT2D eigenvalue weighted by Crippen LogP contribution is 2.37. The lowest BCUT2D eigenvalue weighted by atomic mass is 10.2. The number of hydrogen-bond acceptors (Lipinski definition) is 5. The van der Waals surface area contributed by atoms with E-state index in [1.165, 1.54) is 19.5 Å². The number of aryl methyl sites for hydroxylation is 1. The fourth-order valence-electron chi connectivity index (χ4n) is 3.14. The monoisotopic (exact) mass is 343 g/mol. The first-order valence-electron chi connectivity index (χ1n) is 8.24. The molecule has 1 N–H and O–H groups in total. The number of rotatable bonds is 4. The van der Waals surface area contributed by atoms with Gasteiger partial charge < -0.3 is 5.32 Å². The normalized spacial score (nSPS) is 17.6. The molecule has 1 fully saturated rings. The summed E-state index contributed by atoms with van der Waals surface area (Å²) in [6.07, 6.45) is 1.11. The Balaban J connectivity index is 1.76. The molecule has 23 heavy (non-hydrogen) atoms. The molecule has 0 saturated carbocycles. The summed E-state index contributed by atoms with van der Waals surface area (Å²) < 4.78 is 1.29. The Bertz CT molecular complexity index is 753. The van der Waals surface area contributed by atoms with E-state index in [9.17, 15) is 0 Å². The number of hydrogen-bond donors (Lipinski definition) is 1. The molecule has 4 rings (SSSR count). The Hall–Kier alpha value is -1.27. The maximum absolute atomic E-state index is 4.96. The number of fused-ring (bicyclic) bond motifs is 1. The van der Waals surface area contributed by atoms with E-state index in [0.717, 1.165) is 38.1 Å². The third-order valence-corrected chi connectivity index (χ3v) is 6.73. The molecule has 0 radical (unpaired) electrons. The zero-order valence-electron chi connectivity index (χ0n) is 13.3. The number of para-hydroxylation sites is 1. The van der Waals surface area contributed by atoms with Crippen LogP contribution in [0.5, 0.6) is 0 Å². The lowest BCUT2D eigenvalue weighted by Crippen LogP contribution is -2.45. The predicted molar refractivity (Wildman–Crippen MR) is 99.6 cm³/mol. The van der Waals surface area contributed by atoms with Crippen molar-refractivity contribution in [3.63, 3.8) is 0 Å². The Labute approximate surface area is 145 Å². The molecule has 1 aliphatic heterocycles. The molecule has 1 aromatic carbocycles. The second kappa shape index (κ2) is 6.69. The van der Waals surface area contributed by atoms with Gasteiger partial charge in [0.05, 0.1) is 16.3 Å². The molecule has 1 saturated heterocycles. The maximum atomic E-state index is 4.96. The third kappa shape index (κ3) is 3.06. The van der Waals surface area contributed by atoms with E-state index in [4.69, 9.17) is 4.98 Å². The largest absolute Gasteiger partial charge is 0.314 e. The van der Waals surface area contributed by atoms with Gasteiger partial charge in [0.2, 0.25) is 0 Å². The quantitative estimate of drug-likeness (QED) is 0.778. The van der Waals surface area contributed by atoms with Gasteiger partial charge in [-0.2, -0.15) is 0 Å². The number of benzene rings is 1. The average Bonchev–Trinajstić information content (AvgIpc) is 3.23. The molecule has 3 nitrogen and oxygen atoms in total. The van der Waals surface area contributed by atoms with Crippen LogP contribution in [0.1, 0.15) is 27.7 Å². The van der Waals surface area contributed by atoms with E-state index in [0.29, 0.717) is 6.04 Å². The summed E-state index contributed by atoms with van der Waals surface area (Å²) >= 11 is 3.79. The second-order valence-electron chi connectivity index (χ2n) is 5.87. The van der Waals surface area contributed by atoms with Gasteiger partial charge in [-0.05, 0) is 30.7 Å². The van der Waals surface area contributed by atoms with E-state index in [1.54, 1.807) is 0 Å². The number of aromatic nitrogens is 1.